The van der Waals surface area contributed by atoms with Crippen molar-refractivity contribution in [3.63, 3.8) is 0 Å². The highest BCUT2D eigenvalue weighted by Gasteiger charge is 2.13. The van der Waals surface area contributed by atoms with E-state index in [-0.39, 0.29) is 11.0 Å². The van der Waals surface area contributed by atoms with Crippen LogP contribution in [0.4, 0.5) is 11.5 Å². The van der Waals surface area contributed by atoms with Gasteiger partial charge >= 0.3 is 0 Å². The zero-order chi connectivity index (χ0) is 14.1. The number of hydrogen-bond donors (Lipinski definition) is 2. The minimum Gasteiger partial charge on any atom is -0.451 e. The molecule has 7 heteroatoms. The molecule has 1 aromatic carbocycles. The molecule has 0 atom stereocenters. The van der Waals surface area contributed by atoms with Crippen molar-refractivity contribution in [1.82, 2.24) is 9.97 Å². The number of carbonyl (C=O) groups excluding carboxylic acids is 1. The molecule has 0 aliphatic rings. The van der Waals surface area contributed by atoms with Crippen LogP contribution in [0.25, 0.3) is 11.0 Å². The van der Waals surface area contributed by atoms with E-state index in [0.717, 1.165) is 5.39 Å². The molecular weight excluding hydrogens is 280 g/mol. The van der Waals surface area contributed by atoms with E-state index >= 15 is 0 Å². The first-order chi connectivity index (χ1) is 9.61. The number of nitrogens with two attached hydrogens (primary N) is 1. The van der Waals surface area contributed by atoms with Crippen molar-refractivity contribution in [3.05, 3.63) is 47.6 Å². The van der Waals surface area contributed by atoms with Crippen LogP contribution in [0.3, 0.4) is 0 Å². The summed E-state index contributed by atoms with van der Waals surface area (Å²) in [6.07, 6.45) is 1.45. The maximum atomic E-state index is 12.0. The summed E-state index contributed by atoms with van der Waals surface area (Å²) in [5, 5.41) is 3.39. The van der Waals surface area contributed by atoms with Gasteiger partial charge in [0.05, 0.1) is 0 Å². The first-order valence-electron chi connectivity index (χ1n) is 5.71. The fourth-order valence-electron chi connectivity index (χ4n) is 1.76. The summed E-state index contributed by atoms with van der Waals surface area (Å²) in [7, 11) is 0. The number of furan rings is 1. The maximum Gasteiger partial charge on any atom is 0.292 e. The molecule has 20 heavy (non-hydrogen) atoms. The molecule has 0 saturated carbocycles. The van der Waals surface area contributed by atoms with Gasteiger partial charge in [-0.2, -0.15) is 0 Å². The third-order valence-electron chi connectivity index (χ3n) is 2.63. The van der Waals surface area contributed by atoms with Crippen molar-refractivity contribution in [2.45, 2.75) is 0 Å². The summed E-state index contributed by atoms with van der Waals surface area (Å²) >= 11 is 5.65. The lowest BCUT2D eigenvalue weighted by molar-refractivity contribution is 0.0998. The van der Waals surface area contributed by atoms with Crippen molar-refractivity contribution >= 4 is 40.0 Å². The highest BCUT2D eigenvalue weighted by atomic mass is 35.5. The van der Waals surface area contributed by atoms with Crippen LogP contribution in [0.1, 0.15) is 10.6 Å². The van der Waals surface area contributed by atoms with Gasteiger partial charge in [0, 0.05) is 17.3 Å². The number of aromatic nitrogens is 2. The van der Waals surface area contributed by atoms with Crippen LogP contribution in [-0.2, 0) is 0 Å². The molecule has 0 bridgehead atoms. The second-order valence-corrected chi connectivity index (χ2v) is 4.41. The Morgan fingerprint density at radius 3 is 2.95 bits per heavy atom. The molecule has 0 aliphatic carbocycles. The highest BCUT2D eigenvalue weighted by molar-refractivity contribution is 6.28. The lowest BCUT2D eigenvalue weighted by Gasteiger charge is -2.01. The summed E-state index contributed by atoms with van der Waals surface area (Å²) in [4.78, 5) is 19.6. The lowest BCUT2D eigenvalue weighted by Crippen LogP contribution is -2.12. The Hall–Kier alpha value is -2.60. The van der Waals surface area contributed by atoms with Gasteiger partial charge in [-0.15, -0.1) is 0 Å². The van der Waals surface area contributed by atoms with Crippen molar-refractivity contribution in [2.75, 3.05) is 11.1 Å². The normalized spacial score (nSPS) is 10.7. The largest absolute Gasteiger partial charge is 0.451 e. The molecule has 0 spiro atoms. The number of benzene rings is 1. The van der Waals surface area contributed by atoms with E-state index in [9.17, 15) is 4.79 Å². The molecule has 3 N–H and O–H groups in total. The molecule has 2 aromatic heterocycles. The predicted octanol–water partition coefficient (Wildman–Crippen LogP) is 2.71. The number of nitrogens with one attached hydrogen (secondary N) is 1. The molecular formula is C13H9ClN4O2. The van der Waals surface area contributed by atoms with E-state index in [1.54, 1.807) is 24.3 Å². The molecule has 0 saturated heterocycles. The summed E-state index contributed by atoms with van der Waals surface area (Å²) in [5.41, 5.74) is 6.87. The molecule has 0 unspecified atom stereocenters. The Morgan fingerprint density at radius 2 is 2.15 bits per heavy atom. The van der Waals surface area contributed by atoms with Gasteiger partial charge in [-0.3, -0.25) is 4.79 Å². The van der Waals surface area contributed by atoms with Gasteiger partial charge in [0.15, 0.2) is 5.76 Å². The fourth-order valence-corrected chi connectivity index (χ4v) is 1.90. The van der Waals surface area contributed by atoms with E-state index < -0.39 is 5.91 Å². The van der Waals surface area contributed by atoms with Crippen molar-refractivity contribution in [2.24, 2.45) is 0 Å². The quantitative estimate of drug-likeness (QED) is 0.558. The van der Waals surface area contributed by atoms with Crippen molar-refractivity contribution in [3.8, 4) is 0 Å². The number of amides is 1. The Kier molecular flexibility index (Phi) is 3.00. The van der Waals surface area contributed by atoms with Crippen molar-refractivity contribution < 1.29 is 9.21 Å². The van der Waals surface area contributed by atoms with Gasteiger partial charge in [0.2, 0.25) is 5.28 Å². The predicted molar refractivity (Wildman–Crippen MR) is 75.6 cm³/mol. The number of hydrogen-bond acceptors (Lipinski definition) is 5. The molecule has 2 heterocycles. The summed E-state index contributed by atoms with van der Waals surface area (Å²) < 4.78 is 5.44. The molecule has 6 nitrogen and oxygen atoms in total. The number of halogens is 1. The number of nitrogen functional groups attached to an aromatic ring is 1. The number of fused-ring (bicyclic) bond motifs is 1. The van der Waals surface area contributed by atoms with Gasteiger partial charge in [-0.25, -0.2) is 9.97 Å². The average Bonchev–Trinajstić information content (AvgIpc) is 2.81. The van der Waals surface area contributed by atoms with Gasteiger partial charge in [0.1, 0.15) is 11.4 Å². The Labute approximate surface area is 118 Å². The number of nitrogens with zero attached hydrogens (tertiary/aromatic N) is 2. The second kappa shape index (κ2) is 4.82. The van der Waals surface area contributed by atoms with Crippen LogP contribution in [0, 0.1) is 0 Å². The average molecular weight is 289 g/mol. The Balaban J connectivity index is 1.88. The first kappa shape index (κ1) is 12.4. The summed E-state index contributed by atoms with van der Waals surface area (Å²) in [6, 6.07) is 8.30. The van der Waals surface area contributed by atoms with E-state index in [0.29, 0.717) is 17.1 Å². The van der Waals surface area contributed by atoms with E-state index in [2.05, 4.69) is 15.3 Å². The SMILES string of the molecule is Nc1ccc2oc(C(=O)Nc3ccnc(Cl)n3)cc2c1. The molecule has 0 radical (unpaired) electrons. The smallest absolute Gasteiger partial charge is 0.292 e. The standard InChI is InChI=1S/C13H9ClN4O2/c14-13-16-4-3-11(18-13)17-12(19)10-6-7-5-8(15)1-2-9(7)20-10/h1-6H,15H2,(H,16,17,18,19). The van der Waals surface area contributed by atoms with E-state index in [1.807, 2.05) is 0 Å². The summed E-state index contributed by atoms with van der Waals surface area (Å²) in [5.74, 6) is 0.0462. The van der Waals surface area contributed by atoms with E-state index in [4.69, 9.17) is 21.8 Å². The lowest BCUT2D eigenvalue weighted by atomic mass is 10.2. The third-order valence-corrected chi connectivity index (χ3v) is 2.81. The van der Waals surface area contributed by atoms with Crippen LogP contribution >= 0.6 is 11.6 Å². The number of anilines is 2. The molecule has 3 aromatic rings. The molecule has 0 aliphatic heterocycles. The van der Waals surface area contributed by atoms with Crippen LogP contribution in [-0.4, -0.2) is 15.9 Å². The number of carbonyl (C=O) groups is 1. The third kappa shape index (κ3) is 2.41. The summed E-state index contributed by atoms with van der Waals surface area (Å²) in [6.45, 7) is 0. The fraction of sp³-hybridized carbons (Fsp3) is 0. The topological polar surface area (TPSA) is 94.0 Å². The minimum atomic E-state index is -0.422. The maximum absolute atomic E-state index is 12.0. The second-order valence-electron chi connectivity index (χ2n) is 4.07. The minimum absolute atomic E-state index is 0.0557. The van der Waals surface area contributed by atoms with Gasteiger partial charge < -0.3 is 15.5 Å². The Bertz CT molecular complexity index is 800. The molecule has 0 fully saturated rings. The molecule has 1 amide bonds. The van der Waals surface area contributed by atoms with E-state index in [1.165, 1.54) is 12.3 Å². The zero-order valence-electron chi connectivity index (χ0n) is 10.1. The molecule has 100 valence electrons. The first-order valence-corrected chi connectivity index (χ1v) is 6.08. The van der Waals surface area contributed by atoms with Gasteiger partial charge in [-0.1, -0.05) is 0 Å². The van der Waals surface area contributed by atoms with Crippen LogP contribution in [0.2, 0.25) is 5.28 Å². The highest BCUT2D eigenvalue weighted by Crippen LogP contribution is 2.22. The zero-order valence-corrected chi connectivity index (χ0v) is 10.9. The van der Waals surface area contributed by atoms with Crippen molar-refractivity contribution in [1.29, 1.82) is 0 Å². The van der Waals surface area contributed by atoms with Crippen LogP contribution < -0.4 is 11.1 Å². The van der Waals surface area contributed by atoms with Gasteiger partial charge in [0.25, 0.3) is 5.91 Å². The van der Waals surface area contributed by atoms with Crippen LogP contribution in [0.5, 0.6) is 0 Å². The van der Waals surface area contributed by atoms with Gasteiger partial charge in [-0.05, 0) is 41.9 Å². The number of rotatable bonds is 2. The Morgan fingerprint density at radius 1 is 1.30 bits per heavy atom. The monoisotopic (exact) mass is 288 g/mol. The van der Waals surface area contributed by atoms with Crippen LogP contribution in [0.15, 0.2) is 40.9 Å². The molecule has 3 rings (SSSR count).